The van der Waals surface area contributed by atoms with Gasteiger partial charge in [0.1, 0.15) is 11.6 Å². The van der Waals surface area contributed by atoms with Gasteiger partial charge in [0, 0.05) is 17.1 Å². The van der Waals surface area contributed by atoms with Crippen molar-refractivity contribution in [3.05, 3.63) is 52.3 Å². The summed E-state index contributed by atoms with van der Waals surface area (Å²) < 4.78 is 21.5. The largest absolute Gasteiger partial charge is 0.491 e. The molecule has 3 aliphatic heterocycles. The third kappa shape index (κ3) is 4.51. The lowest BCUT2D eigenvalue weighted by Gasteiger charge is -2.51. The molecule has 5 nitrogen and oxygen atoms in total. The number of carboxylic acid groups (broad SMARTS) is 1. The molecule has 6 rings (SSSR count). The number of amides is 1. The summed E-state index contributed by atoms with van der Waals surface area (Å²) in [6.45, 7) is 10.9. The van der Waals surface area contributed by atoms with Gasteiger partial charge < -0.3 is 14.7 Å². The number of ether oxygens (including phenoxy) is 1. The minimum atomic E-state index is -0.913. The van der Waals surface area contributed by atoms with E-state index in [1.807, 2.05) is 26.0 Å². The minimum absolute atomic E-state index is 0.0267. The van der Waals surface area contributed by atoms with Crippen LogP contribution in [0.2, 0.25) is 5.02 Å². The van der Waals surface area contributed by atoms with Crippen molar-refractivity contribution in [1.29, 1.82) is 0 Å². The van der Waals surface area contributed by atoms with E-state index in [1.165, 1.54) is 0 Å². The zero-order valence-electron chi connectivity index (χ0n) is 20.9. The standard InChI is InChI=1S/C28H34ClFN2O3/c1-16(2)35-21-10-18(9-20(29)12-21)22-11-19-14-28(3,4)26(23(19)13-24(22)30)32(27(33)34)25-15-31-7-5-17(25)6-8-31/h9-13,16-17,25-26H,5-8,14-15H2,1-4H3,(H,33,34)/t25-,26+/m1/s1. The van der Waals surface area contributed by atoms with Crippen LogP contribution in [0.1, 0.15) is 57.7 Å². The second kappa shape index (κ2) is 8.97. The maximum absolute atomic E-state index is 15.7. The van der Waals surface area contributed by atoms with Gasteiger partial charge in [0.05, 0.1) is 18.2 Å². The van der Waals surface area contributed by atoms with E-state index in [1.54, 1.807) is 23.1 Å². The van der Waals surface area contributed by atoms with Crippen LogP contribution in [0, 0.1) is 17.2 Å². The van der Waals surface area contributed by atoms with Gasteiger partial charge in [-0.3, -0.25) is 4.90 Å². The molecular formula is C28H34ClFN2O3. The highest BCUT2D eigenvalue weighted by Crippen LogP contribution is 2.52. The molecule has 188 valence electrons. The summed E-state index contributed by atoms with van der Waals surface area (Å²) in [5.41, 5.74) is 2.55. The number of fused-ring (bicyclic) bond motifs is 4. The predicted octanol–water partition coefficient (Wildman–Crippen LogP) is 6.63. The topological polar surface area (TPSA) is 53.0 Å². The Labute approximate surface area is 211 Å². The van der Waals surface area contributed by atoms with E-state index < -0.39 is 6.09 Å². The molecule has 2 aromatic rings. The lowest BCUT2D eigenvalue weighted by atomic mass is 9.79. The van der Waals surface area contributed by atoms with Crippen LogP contribution < -0.4 is 4.74 Å². The Kier molecular flexibility index (Phi) is 6.25. The second-order valence-electron chi connectivity index (χ2n) is 11.3. The molecule has 7 heteroatoms. The monoisotopic (exact) mass is 500 g/mol. The lowest BCUT2D eigenvalue weighted by Crippen LogP contribution is -2.60. The van der Waals surface area contributed by atoms with E-state index in [0.29, 0.717) is 34.2 Å². The van der Waals surface area contributed by atoms with Crippen molar-refractivity contribution in [2.24, 2.45) is 11.3 Å². The summed E-state index contributed by atoms with van der Waals surface area (Å²) in [5, 5.41) is 10.9. The van der Waals surface area contributed by atoms with Gasteiger partial charge >= 0.3 is 6.09 Å². The molecule has 4 aliphatic rings. The molecule has 2 atom stereocenters. The van der Waals surface area contributed by atoms with Crippen LogP contribution in [0.4, 0.5) is 9.18 Å². The highest BCUT2D eigenvalue weighted by molar-refractivity contribution is 6.31. The highest BCUT2D eigenvalue weighted by Gasteiger charge is 2.50. The molecule has 0 saturated carbocycles. The number of rotatable bonds is 5. The fourth-order valence-corrected chi connectivity index (χ4v) is 6.77. The molecule has 3 saturated heterocycles. The van der Waals surface area contributed by atoms with E-state index in [4.69, 9.17) is 16.3 Å². The summed E-state index contributed by atoms with van der Waals surface area (Å²) in [6.07, 6.45) is 1.79. The SMILES string of the molecule is CC(C)Oc1cc(Cl)cc(-c2cc3c(cc2F)[C@H](N(C(=O)O)[C@@H]2CN4CCC2CC4)C(C)(C)C3)c1. The van der Waals surface area contributed by atoms with Crippen molar-refractivity contribution in [3.63, 3.8) is 0 Å². The molecule has 1 amide bonds. The summed E-state index contributed by atoms with van der Waals surface area (Å²) in [6, 6.07) is 8.28. The average Bonchev–Trinajstić information content (AvgIpc) is 3.02. The van der Waals surface area contributed by atoms with Crippen molar-refractivity contribution < 1.29 is 19.0 Å². The first-order valence-corrected chi connectivity index (χ1v) is 12.9. The summed E-state index contributed by atoms with van der Waals surface area (Å²) in [7, 11) is 0. The van der Waals surface area contributed by atoms with Crippen LogP contribution in [0.3, 0.4) is 0 Å². The lowest BCUT2D eigenvalue weighted by molar-refractivity contribution is -0.0267. The normalized spacial score (nSPS) is 26.6. The zero-order valence-corrected chi connectivity index (χ0v) is 21.6. The Morgan fingerprint density at radius 1 is 1.20 bits per heavy atom. The Balaban J connectivity index is 1.55. The van der Waals surface area contributed by atoms with Crippen LogP contribution >= 0.6 is 11.6 Å². The molecular weight excluding hydrogens is 467 g/mol. The quantitative estimate of drug-likeness (QED) is 0.500. The Morgan fingerprint density at radius 3 is 2.51 bits per heavy atom. The maximum Gasteiger partial charge on any atom is 0.408 e. The fourth-order valence-electron chi connectivity index (χ4n) is 6.55. The number of hydrogen-bond donors (Lipinski definition) is 1. The number of nitrogens with zero attached hydrogens (tertiary/aromatic N) is 2. The zero-order chi connectivity index (χ0) is 25.1. The third-order valence-electron chi connectivity index (χ3n) is 7.94. The molecule has 2 aromatic carbocycles. The number of carbonyl (C=O) groups is 1. The molecule has 1 aliphatic carbocycles. The molecule has 3 heterocycles. The average molecular weight is 501 g/mol. The molecule has 2 bridgehead atoms. The van der Waals surface area contributed by atoms with Crippen LogP contribution in [0.15, 0.2) is 30.3 Å². The molecule has 3 fully saturated rings. The van der Waals surface area contributed by atoms with E-state index in [0.717, 1.165) is 43.6 Å². The number of piperidine rings is 3. The maximum atomic E-state index is 15.7. The molecule has 0 radical (unpaired) electrons. The Bertz CT molecular complexity index is 1140. The van der Waals surface area contributed by atoms with E-state index in [-0.39, 0.29) is 29.4 Å². The number of benzene rings is 2. The van der Waals surface area contributed by atoms with E-state index in [9.17, 15) is 9.90 Å². The van der Waals surface area contributed by atoms with Gasteiger partial charge in [-0.05, 0) is 105 Å². The van der Waals surface area contributed by atoms with Crippen molar-refractivity contribution in [2.75, 3.05) is 19.6 Å². The van der Waals surface area contributed by atoms with Crippen LogP contribution in [0.25, 0.3) is 11.1 Å². The van der Waals surface area contributed by atoms with E-state index >= 15 is 4.39 Å². The summed E-state index contributed by atoms with van der Waals surface area (Å²) in [4.78, 5) is 16.7. The van der Waals surface area contributed by atoms with Gasteiger partial charge in [-0.2, -0.15) is 0 Å². The van der Waals surface area contributed by atoms with E-state index in [2.05, 4.69) is 18.7 Å². The second-order valence-corrected chi connectivity index (χ2v) is 11.8. The number of hydrogen-bond acceptors (Lipinski definition) is 3. The molecule has 1 N–H and O–H groups in total. The van der Waals surface area contributed by atoms with Gasteiger partial charge in [-0.25, -0.2) is 9.18 Å². The van der Waals surface area contributed by atoms with Gasteiger partial charge in [-0.1, -0.05) is 25.4 Å². The van der Waals surface area contributed by atoms with Crippen molar-refractivity contribution in [1.82, 2.24) is 9.80 Å². The first kappa shape index (κ1) is 24.4. The predicted molar refractivity (Wildman–Crippen MR) is 136 cm³/mol. The van der Waals surface area contributed by atoms with Crippen molar-refractivity contribution in [2.45, 2.75) is 65.1 Å². The van der Waals surface area contributed by atoms with Crippen LogP contribution in [-0.2, 0) is 6.42 Å². The number of halogens is 2. The van der Waals surface area contributed by atoms with Crippen molar-refractivity contribution >= 4 is 17.7 Å². The van der Waals surface area contributed by atoms with Gasteiger partial charge in [0.15, 0.2) is 0 Å². The smallest absolute Gasteiger partial charge is 0.408 e. The van der Waals surface area contributed by atoms with Crippen LogP contribution in [0.5, 0.6) is 5.75 Å². The fraction of sp³-hybridized carbons (Fsp3) is 0.536. The van der Waals surface area contributed by atoms with Gasteiger partial charge in [0.2, 0.25) is 0 Å². The van der Waals surface area contributed by atoms with Crippen molar-refractivity contribution in [3.8, 4) is 16.9 Å². The Morgan fingerprint density at radius 2 is 1.91 bits per heavy atom. The third-order valence-corrected chi connectivity index (χ3v) is 8.16. The van der Waals surface area contributed by atoms with Gasteiger partial charge in [-0.15, -0.1) is 0 Å². The first-order chi connectivity index (χ1) is 16.5. The minimum Gasteiger partial charge on any atom is -0.491 e. The molecule has 0 spiro atoms. The highest BCUT2D eigenvalue weighted by atomic mass is 35.5. The molecule has 35 heavy (non-hydrogen) atoms. The Hall–Kier alpha value is -2.31. The summed E-state index contributed by atoms with van der Waals surface area (Å²) >= 11 is 6.34. The first-order valence-electron chi connectivity index (χ1n) is 12.6. The molecule has 0 aromatic heterocycles. The van der Waals surface area contributed by atoms with Gasteiger partial charge in [0.25, 0.3) is 0 Å². The summed E-state index contributed by atoms with van der Waals surface area (Å²) in [5.74, 6) is 0.592. The molecule has 0 unspecified atom stereocenters. The van der Waals surface area contributed by atoms with Crippen LogP contribution in [-0.4, -0.2) is 52.8 Å².